The molecule has 17 heavy (non-hydrogen) atoms. The van der Waals surface area contributed by atoms with Crippen molar-refractivity contribution in [2.24, 2.45) is 0 Å². The number of methoxy groups -OCH3 is 1. The fourth-order valence-electron chi connectivity index (χ4n) is 1.88. The van der Waals surface area contributed by atoms with Gasteiger partial charge >= 0.3 is 0 Å². The van der Waals surface area contributed by atoms with Gasteiger partial charge in [0, 0.05) is 12.5 Å². The van der Waals surface area contributed by atoms with Crippen LogP contribution in [0.15, 0.2) is 24.3 Å². The Kier molecular flexibility index (Phi) is 6.21. The molecule has 92 valence electrons. The highest BCUT2D eigenvalue weighted by molar-refractivity contribution is 5.28. The Morgan fingerprint density at radius 1 is 1.47 bits per heavy atom. The molecule has 0 bridgehead atoms. The number of hydrogen-bond donors (Lipinski definition) is 1. The summed E-state index contributed by atoms with van der Waals surface area (Å²) in [5.41, 5.74) is 1.30. The molecule has 2 heteroatoms. The van der Waals surface area contributed by atoms with E-state index in [1.165, 1.54) is 5.56 Å². The number of likely N-dealkylation sites (N-methyl/N-ethyl adjacent to an activating group) is 1. The Balaban J connectivity index is 2.51. The van der Waals surface area contributed by atoms with Gasteiger partial charge in [-0.2, -0.15) is 0 Å². The van der Waals surface area contributed by atoms with E-state index >= 15 is 0 Å². The number of ether oxygens (including phenoxy) is 1. The average Bonchev–Trinajstić information content (AvgIpc) is 2.38. The van der Waals surface area contributed by atoms with Crippen molar-refractivity contribution in [3.63, 3.8) is 0 Å². The van der Waals surface area contributed by atoms with Gasteiger partial charge in [-0.1, -0.05) is 12.1 Å². The molecule has 1 aromatic rings. The molecule has 1 unspecified atom stereocenters. The van der Waals surface area contributed by atoms with E-state index in [0.717, 1.165) is 31.4 Å². The van der Waals surface area contributed by atoms with Gasteiger partial charge in [-0.3, -0.25) is 0 Å². The zero-order valence-corrected chi connectivity index (χ0v) is 10.7. The van der Waals surface area contributed by atoms with Crippen LogP contribution < -0.4 is 10.1 Å². The summed E-state index contributed by atoms with van der Waals surface area (Å²) < 4.78 is 5.22. The first-order valence-corrected chi connectivity index (χ1v) is 6.03. The minimum absolute atomic E-state index is 0.482. The van der Waals surface area contributed by atoms with Gasteiger partial charge < -0.3 is 10.1 Å². The molecular weight excluding hydrogens is 210 g/mol. The second-order valence-corrected chi connectivity index (χ2v) is 4.14. The van der Waals surface area contributed by atoms with Gasteiger partial charge in [0.2, 0.25) is 0 Å². The van der Waals surface area contributed by atoms with Crippen LogP contribution in [0.4, 0.5) is 0 Å². The lowest BCUT2D eigenvalue weighted by atomic mass is 10.0. The van der Waals surface area contributed by atoms with Gasteiger partial charge in [0.1, 0.15) is 5.75 Å². The number of unbranched alkanes of at least 4 members (excludes halogenated alkanes) is 1. The molecular formula is C15H21NO. The molecule has 0 aliphatic carbocycles. The molecule has 0 fully saturated rings. The summed E-state index contributed by atoms with van der Waals surface area (Å²) in [5, 5.41) is 3.34. The van der Waals surface area contributed by atoms with E-state index in [4.69, 9.17) is 11.2 Å². The van der Waals surface area contributed by atoms with Gasteiger partial charge in [-0.05, 0) is 44.0 Å². The summed E-state index contributed by atoms with van der Waals surface area (Å²) >= 11 is 0. The molecule has 0 spiro atoms. The monoisotopic (exact) mass is 231 g/mol. The van der Waals surface area contributed by atoms with Gasteiger partial charge in [0.15, 0.2) is 0 Å². The molecule has 0 saturated carbocycles. The van der Waals surface area contributed by atoms with Crippen molar-refractivity contribution in [3.8, 4) is 18.1 Å². The van der Waals surface area contributed by atoms with Crippen LogP contribution in [0.3, 0.4) is 0 Å². The fourth-order valence-corrected chi connectivity index (χ4v) is 1.88. The van der Waals surface area contributed by atoms with Crippen molar-refractivity contribution in [2.75, 3.05) is 14.2 Å². The molecule has 0 radical (unpaired) electrons. The smallest absolute Gasteiger partial charge is 0.119 e. The Morgan fingerprint density at radius 3 is 2.94 bits per heavy atom. The predicted octanol–water partition coefficient (Wildman–Crippen LogP) is 2.63. The van der Waals surface area contributed by atoms with Crippen LogP contribution >= 0.6 is 0 Å². The van der Waals surface area contributed by atoms with Crippen molar-refractivity contribution in [2.45, 2.75) is 31.7 Å². The number of hydrogen-bond acceptors (Lipinski definition) is 2. The third kappa shape index (κ3) is 4.93. The Labute approximate surface area is 104 Å². The zero-order valence-electron chi connectivity index (χ0n) is 10.7. The Hall–Kier alpha value is -1.46. The Morgan fingerprint density at radius 2 is 2.29 bits per heavy atom. The number of rotatable bonds is 7. The molecule has 0 aromatic heterocycles. The lowest BCUT2D eigenvalue weighted by Gasteiger charge is -2.16. The number of nitrogens with one attached hydrogen (secondary N) is 1. The van der Waals surface area contributed by atoms with Crippen LogP contribution in [0.2, 0.25) is 0 Å². The average molecular weight is 231 g/mol. The maximum Gasteiger partial charge on any atom is 0.119 e. The van der Waals surface area contributed by atoms with E-state index in [9.17, 15) is 0 Å². The highest BCUT2D eigenvalue weighted by Gasteiger charge is 2.07. The van der Waals surface area contributed by atoms with Gasteiger partial charge in [-0.15, -0.1) is 12.3 Å². The zero-order chi connectivity index (χ0) is 12.5. The summed E-state index contributed by atoms with van der Waals surface area (Å²) in [6, 6.07) is 8.70. The minimum atomic E-state index is 0.482. The maximum absolute atomic E-state index is 5.26. The minimum Gasteiger partial charge on any atom is -0.497 e. The summed E-state index contributed by atoms with van der Waals surface area (Å²) in [4.78, 5) is 0. The van der Waals surface area contributed by atoms with Crippen molar-refractivity contribution in [3.05, 3.63) is 29.8 Å². The van der Waals surface area contributed by atoms with Crippen molar-refractivity contribution in [1.82, 2.24) is 5.32 Å². The van der Waals surface area contributed by atoms with Crippen molar-refractivity contribution < 1.29 is 4.74 Å². The summed E-state index contributed by atoms with van der Waals surface area (Å²) in [6.45, 7) is 0. The number of terminal acetylenes is 1. The predicted molar refractivity (Wildman–Crippen MR) is 72.2 cm³/mol. The quantitative estimate of drug-likeness (QED) is 0.575. The van der Waals surface area contributed by atoms with Gasteiger partial charge in [-0.25, -0.2) is 0 Å². The molecule has 2 nitrogen and oxygen atoms in total. The summed E-state index contributed by atoms with van der Waals surface area (Å²) in [7, 11) is 3.70. The topological polar surface area (TPSA) is 21.3 Å². The van der Waals surface area contributed by atoms with E-state index in [2.05, 4.69) is 23.4 Å². The lowest BCUT2D eigenvalue weighted by Crippen LogP contribution is -2.27. The highest BCUT2D eigenvalue weighted by Crippen LogP contribution is 2.15. The normalized spacial score (nSPS) is 11.8. The van der Waals surface area contributed by atoms with Crippen LogP contribution in [-0.2, 0) is 6.42 Å². The van der Waals surface area contributed by atoms with E-state index in [1.54, 1.807) is 7.11 Å². The lowest BCUT2D eigenvalue weighted by molar-refractivity contribution is 0.413. The fraction of sp³-hybridized carbons (Fsp3) is 0.467. The molecule has 0 aliphatic heterocycles. The van der Waals surface area contributed by atoms with Crippen LogP contribution in [0.5, 0.6) is 5.75 Å². The highest BCUT2D eigenvalue weighted by atomic mass is 16.5. The summed E-state index contributed by atoms with van der Waals surface area (Å²) in [5.74, 6) is 3.60. The molecule has 0 aliphatic rings. The first kappa shape index (κ1) is 13.6. The standard InChI is InChI=1S/C15H21NO/c1-4-5-6-9-14(16-2)11-13-8-7-10-15(12-13)17-3/h1,7-8,10,12,14,16H,5-6,9,11H2,2-3H3. The summed E-state index contributed by atoms with van der Waals surface area (Å²) in [6.07, 6.45) is 9.31. The second kappa shape index (κ2) is 7.76. The maximum atomic E-state index is 5.26. The van der Waals surface area contributed by atoms with Crippen LogP contribution in [0.25, 0.3) is 0 Å². The third-order valence-corrected chi connectivity index (χ3v) is 2.90. The molecule has 0 heterocycles. The van der Waals surface area contributed by atoms with E-state index in [0.29, 0.717) is 6.04 Å². The first-order valence-electron chi connectivity index (χ1n) is 6.03. The van der Waals surface area contributed by atoms with Crippen molar-refractivity contribution in [1.29, 1.82) is 0 Å². The molecule has 1 rings (SSSR count). The van der Waals surface area contributed by atoms with E-state index < -0.39 is 0 Å². The van der Waals surface area contributed by atoms with Crippen LogP contribution in [-0.4, -0.2) is 20.2 Å². The molecule has 1 atom stereocenters. The van der Waals surface area contributed by atoms with Crippen molar-refractivity contribution >= 4 is 0 Å². The third-order valence-electron chi connectivity index (χ3n) is 2.90. The first-order chi connectivity index (χ1) is 8.30. The van der Waals surface area contributed by atoms with Crippen LogP contribution in [0.1, 0.15) is 24.8 Å². The van der Waals surface area contributed by atoms with E-state index in [-0.39, 0.29) is 0 Å². The number of benzene rings is 1. The SMILES string of the molecule is C#CCCCC(Cc1cccc(OC)c1)NC. The molecule has 0 saturated heterocycles. The second-order valence-electron chi connectivity index (χ2n) is 4.14. The largest absolute Gasteiger partial charge is 0.497 e. The van der Waals surface area contributed by atoms with Crippen LogP contribution in [0, 0.1) is 12.3 Å². The molecule has 1 N–H and O–H groups in total. The Bertz CT molecular complexity index is 367. The van der Waals surface area contributed by atoms with Gasteiger partial charge in [0.05, 0.1) is 7.11 Å². The van der Waals surface area contributed by atoms with Gasteiger partial charge in [0.25, 0.3) is 0 Å². The molecule has 0 amide bonds. The molecule has 1 aromatic carbocycles. The van der Waals surface area contributed by atoms with E-state index in [1.807, 2.05) is 19.2 Å².